The Balaban J connectivity index is 0. The van der Waals surface area contributed by atoms with Crippen molar-refractivity contribution in [3.05, 3.63) is 46.4 Å². The predicted molar refractivity (Wildman–Crippen MR) is 120 cm³/mol. The first-order valence-corrected chi connectivity index (χ1v) is 8.10. The van der Waals surface area contributed by atoms with Gasteiger partial charge in [0.05, 0.1) is 36.2 Å². The van der Waals surface area contributed by atoms with E-state index in [4.69, 9.17) is 32.9 Å². The monoisotopic (exact) mass is 514 g/mol. The molecule has 0 aliphatic carbocycles. The number of hydrogen-bond donors (Lipinski definition) is 2. The van der Waals surface area contributed by atoms with Crippen LogP contribution in [-0.2, 0) is 0 Å². The topological polar surface area (TPSA) is 65.4 Å². The zero-order chi connectivity index (χ0) is 17.1. The Morgan fingerprint density at radius 1 is 0.643 bits per heavy atom. The van der Waals surface area contributed by atoms with Crippen LogP contribution in [0.25, 0.3) is 0 Å². The predicted octanol–water partition coefficient (Wildman–Crippen LogP) is 5.00. The zero-order valence-corrected chi connectivity index (χ0v) is 19.1. The van der Waals surface area contributed by atoms with Crippen molar-refractivity contribution in [2.75, 3.05) is 26.2 Å². The quantitative estimate of drug-likeness (QED) is 0.596. The summed E-state index contributed by atoms with van der Waals surface area (Å²) in [6, 6.07) is 9.43. The van der Waals surface area contributed by atoms with Crippen LogP contribution in [0, 0.1) is 0 Å². The number of benzene rings is 2. The second-order valence-corrected chi connectivity index (χ2v) is 6.08. The van der Waals surface area contributed by atoms with Gasteiger partial charge in [-0.15, -0.1) is 59.8 Å². The molecule has 0 radical (unpaired) electrons. The lowest BCUT2D eigenvalue weighted by atomic mass is 10.3. The molecular formula is C16H20Cl6N2O4. The lowest BCUT2D eigenvalue weighted by molar-refractivity contribution is -0.153. The molecule has 1 fully saturated rings. The molecule has 28 heavy (non-hydrogen) atoms. The normalized spacial score (nSPS) is 13.8. The molecule has 0 amide bonds. The molecule has 1 saturated heterocycles. The standard InChI is InChI=1S/C16H16Cl2N2O4.4ClH/c17-13-9-11(1-3-15(13)21)23-19-5-7-20(8-6-19)24-12-2-4-16(22)14(18)10-12;;;;/h1-4,9-10,21-22H,5-8H2;4*1H. The molecule has 0 unspecified atom stereocenters. The van der Waals surface area contributed by atoms with Gasteiger partial charge < -0.3 is 19.9 Å². The van der Waals surface area contributed by atoms with E-state index in [1.807, 2.05) is 0 Å². The molecule has 0 bridgehead atoms. The Kier molecular flexibility index (Phi) is 14.2. The molecule has 2 aromatic carbocycles. The Bertz CT molecular complexity index is 671. The van der Waals surface area contributed by atoms with Crippen LogP contribution >= 0.6 is 72.8 Å². The summed E-state index contributed by atoms with van der Waals surface area (Å²) >= 11 is 11.7. The molecular weight excluding hydrogens is 497 g/mol. The number of phenols is 2. The number of piperazine rings is 1. The Morgan fingerprint density at radius 3 is 1.25 bits per heavy atom. The van der Waals surface area contributed by atoms with E-state index in [0.29, 0.717) is 37.7 Å². The minimum Gasteiger partial charge on any atom is -0.506 e. The van der Waals surface area contributed by atoms with Crippen LogP contribution in [0.3, 0.4) is 0 Å². The van der Waals surface area contributed by atoms with Gasteiger partial charge in [-0.2, -0.15) is 0 Å². The number of hydroxylamine groups is 4. The second-order valence-electron chi connectivity index (χ2n) is 5.27. The fourth-order valence-electron chi connectivity index (χ4n) is 2.24. The lowest BCUT2D eigenvalue weighted by Crippen LogP contribution is -2.48. The van der Waals surface area contributed by atoms with Crippen molar-refractivity contribution in [1.29, 1.82) is 0 Å². The summed E-state index contributed by atoms with van der Waals surface area (Å²) in [5.74, 6) is 1.18. The van der Waals surface area contributed by atoms with Crippen molar-refractivity contribution in [2.24, 2.45) is 0 Å². The van der Waals surface area contributed by atoms with Gasteiger partial charge in [0.2, 0.25) is 0 Å². The van der Waals surface area contributed by atoms with Crippen LogP contribution in [0.1, 0.15) is 0 Å². The highest BCUT2D eigenvalue weighted by Crippen LogP contribution is 2.29. The summed E-state index contributed by atoms with van der Waals surface area (Å²) < 4.78 is 0. The fourth-order valence-corrected chi connectivity index (χ4v) is 2.58. The van der Waals surface area contributed by atoms with Gasteiger partial charge in [0.25, 0.3) is 0 Å². The molecule has 1 heterocycles. The molecule has 1 aliphatic heterocycles. The van der Waals surface area contributed by atoms with Gasteiger partial charge in [0, 0.05) is 12.1 Å². The highest BCUT2D eigenvalue weighted by Gasteiger charge is 2.20. The van der Waals surface area contributed by atoms with Crippen LogP contribution < -0.4 is 9.68 Å². The number of phenolic OH excluding ortho intramolecular Hbond substituents is 2. The van der Waals surface area contributed by atoms with Crippen LogP contribution in [-0.4, -0.2) is 46.5 Å². The van der Waals surface area contributed by atoms with Crippen molar-refractivity contribution in [1.82, 2.24) is 10.1 Å². The molecule has 160 valence electrons. The maximum atomic E-state index is 9.41. The van der Waals surface area contributed by atoms with Gasteiger partial charge in [-0.05, 0) is 24.3 Å². The maximum absolute atomic E-state index is 9.41. The fraction of sp³-hybridized carbons (Fsp3) is 0.250. The average Bonchev–Trinajstić information content (AvgIpc) is 2.56. The van der Waals surface area contributed by atoms with Crippen molar-refractivity contribution >= 4 is 72.8 Å². The van der Waals surface area contributed by atoms with Crippen LogP contribution in [0.5, 0.6) is 23.0 Å². The number of halogens is 6. The molecule has 3 rings (SSSR count). The van der Waals surface area contributed by atoms with E-state index in [1.165, 1.54) is 12.1 Å². The third-order valence-corrected chi connectivity index (χ3v) is 4.11. The summed E-state index contributed by atoms with van der Waals surface area (Å²) in [6.45, 7) is 2.52. The first kappa shape index (κ1) is 29.5. The lowest BCUT2D eigenvalue weighted by Gasteiger charge is -2.33. The Hall–Kier alpha value is -0.700. The second kappa shape index (κ2) is 13.5. The third kappa shape index (κ3) is 7.97. The summed E-state index contributed by atoms with van der Waals surface area (Å²) in [5.41, 5.74) is 0. The molecule has 0 atom stereocenters. The Morgan fingerprint density at radius 2 is 0.964 bits per heavy atom. The van der Waals surface area contributed by atoms with Crippen LogP contribution in [0.4, 0.5) is 0 Å². The van der Waals surface area contributed by atoms with Crippen molar-refractivity contribution in [2.45, 2.75) is 0 Å². The SMILES string of the molecule is Cl.Cl.Cl.Cl.Oc1ccc(ON2CCN(Oc3ccc(O)c(Cl)c3)CC2)cc1Cl. The number of hydrogen-bond acceptors (Lipinski definition) is 6. The molecule has 1 aliphatic rings. The van der Waals surface area contributed by atoms with Crippen molar-refractivity contribution < 1.29 is 19.9 Å². The first-order valence-electron chi connectivity index (χ1n) is 7.34. The number of aromatic hydroxyl groups is 2. The summed E-state index contributed by atoms with van der Waals surface area (Å²) in [7, 11) is 0. The molecule has 2 aromatic rings. The smallest absolute Gasteiger partial charge is 0.149 e. The van der Waals surface area contributed by atoms with E-state index in [0.717, 1.165) is 0 Å². The van der Waals surface area contributed by atoms with E-state index < -0.39 is 0 Å². The molecule has 2 N–H and O–H groups in total. The summed E-state index contributed by atoms with van der Waals surface area (Å²) in [5, 5.41) is 22.9. The number of rotatable bonds is 4. The van der Waals surface area contributed by atoms with Crippen molar-refractivity contribution in [3.63, 3.8) is 0 Å². The van der Waals surface area contributed by atoms with E-state index >= 15 is 0 Å². The molecule has 0 saturated carbocycles. The van der Waals surface area contributed by atoms with E-state index in [-0.39, 0.29) is 71.2 Å². The zero-order valence-electron chi connectivity index (χ0n) is 14.3. The van der Waals surface area contributed by atoms with Gasteiger partial charge >= 0.3 is 0 Å². The largest absolute Gasteiger partial charge is 0.506 e. The minimum atomic E-state index is 0. The van der Waals surface area contributed by atoms with Gasteiger partial charge in [-0.1, -0.05) is 23.2 Å². The van der Waals surface area contributed by atoms with Gasteiger partial charge in [-0.25, -0.2) is 0 Å². The highest BCUT2D eigenvalue weighted by molar-refractivity contribution is 6.32. The minimum absolute atomic E-state index is 0. The van der Waals surface area contributed by atoms with Crippen LogP contribution in [0.2, 0.25) is 10.0 Å². The van der Waals surface area contributed by atoms with E-state index in [2.05, 4.69) is 0 Å². The maximum Gasteiger partial charge on any atom is 0.149 e. The molecule has 0 spiro atoms. The number of nitrogens with zero attached hydrogens (tertiary/aromatic N) is 2. The summed E-state index contributed by atoms with van der Waals surface area (Å²) in [4.78, 5) is 11.5. The average molecular weight is 517 g/mol. The van der Waals surface area contributed by atoms with Gasteiger partial charge in [0.15, 0.2) is 0 Å². The molecule has 12 heteroatoms. The third-order valence-electron chi connectivity index (χ3n) is 3.50. The Labute approximate surface area is 197 Å². The molecule has 0 aromatic heterocycles. The van der Waals surface area contributed by atoms with Gasteiger partial charge in [-0.3, -0.25) is 0 Å². The van der Waals surface area contributed by atoms with Gasteiger partial charge in [0.1, 0.15) is 23.0 Å². The van der Waals surface area contributed by atoms with E-state index in [1.54, 1.807) is 34.4 Å². The first-order chi connectivity index (χ1) is 11.5. The van der Waals surface area contributed by atoms with Crippen LogP contribution in [0.15, 0.2) is 36.4 Å². The molecule has 6 nitrogen and oxygen atoms in total. The van der Waals surface area contributed by atoms with E-state index in [9.17, 15) is 10.2 Å². The highest BCUT2D eigenvalue weighted by atomic mass is 35.5. The summed E-state index contributed by atoms with van der Waals surface area (Å²) in [6.07, 6.45) is 0. The van der Waals surface area contributed by atoms with Crippen molar-refractivity contribution in [3.8, 4) is 23.0 Å².